The third-order valence-corrected chi connectivity index (χ3v) is 5.23. The summed E-state index contributed by atoms with van der Waals surface area (Å²) in [6.07, 6.45) is 4.46. The number of nitrogens with one attached hydrogen (secondary N) is 1. The topological polar surface area (TPSA) is 32.3 Å². The van der Waals surface area contributed by atoms with Gasteiger partial charge in [0.05, 0.1) is 0 Å². The van der Waals surface area contributed by atoms with Crippen LogP contribution in [0.3, 0.4) is 0 Å². The Balaban J connectivity index is 1.77. The molecule has 110 valence electrons. The van der Waals surface area contributed by atoms with Gasteiger partial charge in [-0.3, -0.25) is 4.79 Å². The minimum absolute atomic E-state index is 0.369. The number of hydrogen-bond donors (Lipinski definition) is 1. The van der Waals surface area contributed by atoms with Gasteiger partial charge in [0.15, 0.2) is 0 Å². The highest BCUT2D eigenvalue weighted by Gasteiger charge is 2.26. The number of carbonyl (C=O) groups excluding carboxylic acids is 1. The molecular weight excluding hydrogens is 256 g/mol. The predicted molar refractivity (Wildman–Crippen MR) is 82.5 cm³/mol. The SMILES string of the molecule is CC(C)CC1CCCN(C(=O)CC2CSCCN2)C1. The molecule has 2 rings (SSSR count). The number of hydrogen-bond acceptors (Lipinski definition) is 3. The van der Waals surface area contributed by atoms with Gasteiger partial charge in [0.1, 0.15) is 0 Å². The quantitative estimate of drug-likeness (QED) is 0.860. The molecule has 2 saturated heterocycles. The third-order valence-electron chi connectivity index (χ3n) is 4.10. The second-order valence-corrected chi connectivity index (χ2v) is 7.56. The van der Waals surface area contributed by atoms with Crippen LogP contribution in [0.25, 0.3) is 0 Å². The number of carbonyl (C=O) groups is 1. The van der Waals surface area contributed by atoms with Crippen molar-refractivity contribution in [1.29, 1.82) is 0 Å². The second-order valence-electron chi connectivity index (χ2n) is 6.41. The van der Waals surface area contributed by atoms with Crippen molar-refractivity contribution in [3.63, 3.8) is 0 Å². The van der Waals surface area contributed by atoms with Crippen LogP contribution in [0.2, 0.25) is 0 Å². The van der Waals surface area contributed by atoms with Crippen molar-refractivity contribution in [2.45, 2.75) is 45.6 Å². The lowest BCUT2D eigenvalue weighted by atomic mass is 9.89. The maximum atomic E-state index is 12.4. The van der Waals surface area contributed by atoms with Crippen LogP contribution in [0.4, 0.5) is 0 Å². The van der Waals surface area contributed by atoms with Gasteiger partial charge >= 0.3 is 0 Å². The van der Waals surface area contributed by atoms with E-state index in [9.17, 15) is 4.79 Å². The lowest BCUT2D eigenvalue weighted by Crippen LogP contribution is -2.45. The lowest BCUT2D eigenvalue weighted by Gasteiger charge is -2.35. The van der Waals surface area contributed by atoms with Crippen molar-refractivity contribution in [2.24, 2.45) is 11.8 Å². The molecule has 1 amide bonds. The molecule has 2 fully saturated rings. The summed E-state index contributed by atoms with van der Waals surface area (Å²) in [4.78, 5) is 14.5. The van der Waals surface area contributed by atoms with Gasteiger partial charge in [-0.2, -0.15) is 11.8 Å². The van der Waals surface area contributed by atoms with Crippen molar-refractivity contribution in [2.75, 3.05) is 31.1 Å². The standard InChI is InChI=1S/C15H28N2OS/c1-12(2)8-13-4-3-6-17(10-13)15(18)9-14-11-19-7-5-16-14/h12-14,16H,3-11H2,1-2H3. The summed E-state index contributed by atoms with van der Waals surface area (Å²) in [5, 5.41) is 3.46. The molecule has 3 nitrogen and oxygen atoms in total. The number of likely N-dealkylation sites (tertiary alicyclic amines) is 1. The number of amides is 1. The summed E-state index contributed by atoms with van der Waals surface area (Å²) < 4.78 is 0. The lowest BCUT2D eigenvalue weighted by molar-refractivity contribution is -0.133. The van der Waals surface area contributed by atoms with Crippen LogP contribution in [0.1, 0.15) is 39.5 Å². The van der Waals surface area contributed by atoms with Crippen LogP contribution < -0.4 is 5.32 Å². The summed E-state index contributed by atoms with van der Waals surface area (Å²) in [6, 6.07) is 0.400. The Labute approximate surface area is 121 Å². The van der Waals surface area contributed by atoms with Crippen LogP contribution in [-0.4, -0.2) is 48.0 Å². The highest BCUT2D eigenvalue weighted by molar-refractivity contribution is 7.99. The van der Waals surface area contributed by atoms with Crippen molar-refractivity contribution in [3.8, 4) is 0 Å². The number of nitrogens with zero attached hydrogens (tertiary/aromatic N) is 1. The minimum atomic E-state index is 0.369. The molecule has 0 aromatic carbocycles. The van der Waals surface area contributed by atoms with E-state index in [0.717, 1.165) is 37.2 Å². The molecular formula is C15H28N2OS. The molecule has 2 aliphatic heterocycles. The number of piperidine rings is 1. The van der Waals surface area contributed by atoms with E-state index >= 15 is 0 Å². The van der Waals surface area contributed by atoms with Crippen LogP contribution in [0.5, 0.6) is 0 Å². The van der Waals surface area contributed by atoms with Crippen molar-refractivity contribution >= 4 is 17.7 Å². The molecule has 2 aliphatic rings. The molecule has 0 aliphatic carbocycles. The summed E-state index contributed by atoms with van der Waals surface area (Å²) in [6.45, 7) is 7.59. The second kappa shape index (κ2) is 7.53. The summed E-state index contributed by atoms with van der Waals surface area (Å²) in [5.41, 5.74) is 0. The molecule has 0 bridgehead atoms. The predicted octanol–water partition coefficient (Wildman–Crippen LogP) is 2.37. The zero-order valence-corrected chi connectivity index (χ0v) is 13.2. The van der Waals surface area contributed by atoms with E-state index in [2.05, 4.69) is 24.1 Å². The van der Waals surface area contributed by atoms with E-state index in [0.29, 0.717) is 18.4 Å². The van der Waals surface area contributed by atoms with Gasteiger partial charge in [-0.05, 0) is 31.1 Å². The molecule has 0 aromatic heterocycles. The largest absolute Gasteiger partial charge is 0.342 e. The molecule has 0 radical (unpaired) electrons. The molecule has 0 saturated carbocycles. The Hall–Kier alpha value is -0.220. The van der Waals surface area contributed by atoms with Gasteiger partial charge in [-0.1, -0.05) is 13.8 Å². The van der Waals surface area contributed by atoms with Crippen LogP contribution in [0, 0.1) is 11.8 Å². The van der Waals surface area contributed by atoms with Crippen LogP contribution in [-0.2, 0) is 4.79 Å². The monoisotopic (exact) mass is 284 g/mol. The first-order valence-corrected chi connectivity index (χ1v) is 8.89. The minimum Gasteiger partial charge on any atom is -0.342 e. The molecule has 1 N–H and O–H groups in total. The Morgan fingerprint density at radius 2 is 2.32 bits per heavy atom. The Morgan fingerprint density at radius 1 is 1.47 bits per heavy atom. The molecule has 4 heteroatoms. The Kier molecular flexibility index (Phi) is 6.02. The molecule has 2 unspecified atom stereocenters. The first kappa shape index (κ1) is 15.2. The first-order chi connectivity index (χ1) is 9.15. The van der Waals surface area contributed by atoms with Crippen LogP contribution >= 0.6 is 11.8 Å². The van der Waals surface area contributed by atoms with E-state index in [1.807, 2.05) is 11.8 Å². The zero-order chi connectivity index (χ0) is 13.7. The average molecular weight is 284 g/mol. The Bertz CT molecular complexity index is 290. The van der Waals surface area contributed by atoms with Gasteiger partial charge < -0.3 is 10.2 Å². The van der Waals surface area contributed by atoms with E-state index in [1.165, 1.54) is 25.0 Å². The zero-order valence-electron chi connectivity index (χ0n) is 12.4. The summed E-state index contributed by atoms with van der Waals surface area (Å²) in [7, 11) is 0. The van der Waals surface area contributed by atoms with E-state index < -0.39 is 0 Å². The number of rotatable bonds is 4. The number of thioether (sulfide) groups is 1. The summed E-state index contributed by atoms with van der Waals surface area (Å²) >= 11 is 1.97. The van der Waals surface area contributed by atoms with Crippen molar-refractivity contribution in [1.82, 2.24) is 10.2 Å². The molecule has 0 aromatic rings. The highest BCUT2D eigenvalue weighted by atomic mass is 32.2. The average Bonchev–Trinajstić information content (AvgIpc) is 2.39. The smallest absolute Gasteiger partial charge is 0.224 e. The maximum absolute atomic E-state index is 12.4. The van der Waals surface area contributed by atoms with Crippen LogP contribution in [0.15, 0.2) is 0 Å². The van der Waals surface area contributed by atoms with Gasteiger partial charge in [-0.25, -0.2) is 0 Å². The first-order valence-electron chi connectivity index (χ1n) is 7.74. The molecule has 19 heavy (non-hydrogen) atoms. The molecule has 2 heterocycles. The van der Waals surface area contributed by atoms with E-state index in [1.54, 1.807) is 0 Å². The highest BCUT2D eigenvalue weighted by Crippen LogP contribution is 2.24. The summed E-state index contributed by atoms with van der Waals surface area (Å²) in [5.74, 6) is 4.12. The van der Waals surface area contributed by atoms with Gasteiger partial charge in [0.25, 0.3) is 0 Å². The van der Waals surface area contributed by atoms with Gasteiger partial charge in [-0.15, -0.1) is 0 Å². The molecule has 2 atom stereocenters. The normalized spacial score (nSPS) is 28.7. The third kappa shape index (κ3) is 4.99. The molecule has 0 spiro atoms. The van der Waals surface area contributed by atoms with E-state index in [-0.39, 0.29) is 0 Å². The fourth-order valence-electron chi connectivity index (χ4n) is 3.24. The van der Waals surface area contributed by atoms with Crippen molar-refractivity contribution in [3.05, 3.63) is 0 Å². The fourth-order valence-corrected chi connectivity index (χ4v) is 4.19. The fraction of sp³-hybridized carbons (Fsp3) is 0.933. The maximum Gasteiger partial charge on any atom is 0.224 e. The van der Waals surface area contributed by atoms with Crippen molar-refractivity contribution < 1.29 is 4.79 Å². The van der Waals surface area contributed by atoms with Gasteiger partial charge in [0.2, 0.25) is 5.91 Å². The van der Waals surface area contributed by atoms with Gasteiger partial charge in [0, 0.05) is 43.6 Å². The van der Waals surface area contributed by atoms with E-state index in [4.69, 9.17) is 0 Å². The Morgan fingerprint density at radius 3 is 3.00 bits per heavy atom.